The van der Waals surface area contributed by atoms with E-state index in [0.717, 1.165) is 29.9 Å². The van der Waals surface area contributed by atoms with Crippen molar-refractivity contribution in [1.29, 1.82) is 5.26 Å². The molecule has 1 aliphatic heterocycles. The number of carbonyl (C=O) groups is 1. The predicted octanol–water partition coefficient (Wildman–Crippen LogP) is 2.31. The number of methoxy groups -OCH3 is 2. The van der Waals surface area contributed by atoms with Crippen molar-refractivity contribution in [3.8, 4) is 29.0 Å². The average molecular weight is 398 g/mol. The van der Waals surface area contributed by atoms with E-state index in [9.17, 15) is 4.79 Å². The molecule has 154 valence electrons. The molecule has 1 saturated heterocycles. The van der Waals surface area contributed by atoms with E-state index in [1.54, 1.807) is 25.2 Å². The summed E-state index contributed by atoms with van der Waals surface area (Å²) < 4.78 is 16.4. The quantitative estimate of drug-likeness (QED) is 0.681. The van der Waals surface area contributed by atoms with Crippen LogP contribution in [0.2, 0.25) is 0 Å². The van der Waals surface area contributed by atoms with Gasteiger partial charge in [0.1, 0.15) is 23.3 Å². The highest BCUT2D eigenvalue weighted by Gasteiger charge is 2.27. The fourth-order valence-electron chi connectivity index (χ4n) is 3.42. The molecular formula is C21H26N4O4. The van der Waals surface area contributed by atoms with Crippen molar-refractivity contribution in [2.45, 2.75) is 32.2 Å². The number of nitrogens with one attached hydrogen (secondary N) is 1. The Morgan fingerprint density at radius 2 is 2.07 bits per heavy atom. The van der Waals surface area contributed by atoms with Crippen molar-refractivity contribution in [3.63, 3.8) is 0 Å². The van der Waals surface area contributed by atoms with Gasteiger partial charge in [0.15, 0.2) is 0 Å². The van der Waals surface area contributed by atoms with E-state index >= 15 is 0 Å². The predicted molar refractivity (Wildman–Crippen MR) is 107 cm³/mol. The number of nitrogens with zero attached hydrogens (tertiary/aromatic N) is 3. The molecule has 1 aromatic carbocycles. The number of hydrogen-bond donors (Lipinski definition) is 1. The molecule has 1 unspecified atom stereocenters. The summed E-state index contributed by atoms with van der Waals surface area (Å²) in [7, 11) is 3.19. The molecule has 0 aliphatic carbocycles. The molecule has 2 aromatic rings. The number of oxazole rings is 1. The first-order chi connectivity index (χ1) is 14.0. The maximum absolute atomic E-state index is 12.3. The lowest BCUT2D eigenvalue weighted by atomic mass is 10.2. The molecule has 29 heavy (non-hydrogen) atoms. The van der Waals surface area contributed by atoms with Gasteiger partial charge in [-0.05, 0) is 31.9 Å². The second kappa shape index (κ2) is 9.43. The largest absolute Gasteiger partial charge is 0.497 e. The van der Waals surface area contributed by atoms with Crippen LogP contribution in [0.4, 0.5) is 0 Å². The van der Waals surface area contributed by atoms with Gasteiger partial charge >= 0.3 is 0 Å². The number of amides is 1. The van der Waals surface area contributed by atoms with Gasteiger partial charge in [-0.15, -0.1) is 0 Å². The van der Waals surface area contributed by atoms with Gasteiger partial charge < -0.3 is 24.1 Å². The summed E-state index contributed by atoms with van der Waals surface area (Å²) >= 11 is 0. The van der Waals surface area contributed by atoms with E-state index in [-0.39, 0.29) is 18.5 Å². The molecular weight excluding hydrogens is 372 g/mol. The molecule has 1 amide bonds. The van der Waals surface area contributed by atoms with Gasteiger partial charge in [0.25, 0.3) is 0 Å². The normalized spacial score (nSPS) is 15.9. The van der Waals surface area contributed by atoms with Gasteiger partial charge in [0.05, 0.1) is 32.5 Å². The van der Waals surface area contributed by atoms with E-state index in [1.807, 2.05) is 19.1 Å². The van der Waals surface area contributed by atoms with Crippen LogP contribution in [0, 0.1) is 18.3 Å². The Morgan fingerprint density at radius 3 is 2.72 bits per heavy atom. The fraction of sp³-hybridized carbons (Fsp3) is 0.476. The van der Waals surface area contributed by atoms with Crippen LogP contribution in [0.3, 0.4) is 0 Å². The smallest absolute Gasteiger partial charge is 0.237 e. The van der Waals surface area contributed by atoms with Crippen molar-refractivity contribution >= 4 is 5.91 Å². The van der Waals surface area contributed by atoms with Crippen molar-refractivity contribution in [3.05, 3.63) is 29.7 Å². The summed E-state index contributed by atoms with van der Waals surface area (Å²) in [4.78, 5) is 18.5. The highest BCUT2D eigenvalue weighted by Crippen LogP contribution is 2.30. The van der Waals surface area contributed by atoms with Crippen molar-refractivity contribution < 1.29 is 18.7 Å². The van der Waals surface area contributed by atoms with Crippen LogP contribution in [0.15, 0.2) is 22.6 Å². The molecule has 1 aliphatic rings. The monoisotopic (exact) mass is 398 g/mol. The standard InChI is InChI=1S/C21H26N4O4/c1-14-19(6-7-23-13-20(26)25-8-4-5-16(25)12-22)24-21(29-14)15-9-17(27-2)11-18(10-15)28-3/h9-11,16,23H,4-8,13H2,1-3H3. The Kier molecular flexibility index (Phi) is 6.73. The summed E-state index contributed by atoms with van der Waals surface area (Å²) in [6.07, 6.45) is 2.28. The molecule has 1 fully saturated rings. The van der Waals surface area contributed by atoms with Gasteiger partial charge in [-0.1, -0.05) is 0 Å². The lowest BCUT2D eigenvalue weighted by Crippen LogP contribution is -2.41. The third-order valence-electron chi connectivity index (χ3n) is 5.03. The van der Waals surface area contributed by atoms with E-state index in [4.69, 9.17) is 19.2 Å². The van der Waals surface area contributed by atoms with Crippen LogP contribution < -0.4 is 14.8 Å². The van der Waals surface area contributed by atoms with E-state index < -0.39 is 0 Å². The summed E-state index contributed by atoms with van der Waals surface area (Å²) in [5, 5.41) is 12.2. The molecule has 0 saturated carbocycles. The molecule has 8 heteroatoms. The second-order valence-electron chi connectivity index (χ2n) is 6.92. The van der Waals surface area contributed by atoms with E-state index in [2.05, 4.69) is 16.4 Å². The summed E-state index contributed by atoms with van der Waals surface area (Å²) in [5.41, 5.74) is 1.60. The summed E-state index contributed by atoms with van der Waals surface area (Å²) in [6, 6.07) is 7.38. The SMILES string of the molecule is COc1cc(OC)cc(-c2nc(CCNCC(=O)N3CCCC3C#N)c(C)o2)c1. The highest BCUT2D eigenvalue weighted by atomic mass is 16.5. The van der Waals surface area contributed by atoms with Gasteiger partial charge in [-0.25, -0.2) is 4.98 Å². The molecule has 0 spiro atoms. The van der Waals surface area contributed by atoms with Crippen LogP contribution in [0.1, 0.15) is 24.3 Å². The third-order valence-corrected chi connectivity index (χ3v) is 5.03. The van der Waals surface area contributed by atoms with Crippen molar-refractivity contribution in [1.82, 2.24) is 15.2 Å². The first kappa shape index (κ1) is 20.7. The maximum Gasteiger partial charge on any atom is 0.237 e. The van der Waals surface area contributed by atoms with Crippen LogP contribution in [0.25, 0.3) is 11.5 Å². The zero-order valence-corrected chi connectivity index (χ0v) is 17.0. The second-order valence-corrected chi connectivity index (χ2v) is 6.92. The van der Waals surface area contributed by atoms with Gasteiger partial charge in [0, 0.05) is 31.1 Å². The third kappa shape index (κ3) is 4.87. The average Bonchev–Trinajstić information content (AvgIpc) is 3.37. The Labute approximate surface area is 170 Å². The number of rotatable bonds is 8. The Hall–Kier alpha value is -3.05. The topological polar surface area (TPSA) is 101 Å². The summed E-state index contributed by atoms with van der Waals surface area (Å²) in [5.74, 6) is 2.53. The van der Waals surface area contributed by atoms with E-state index in [1.165, 1.54) is 0 Å². The van der Waals surface area contributed by atoms with Crippen molar-refractivity contribution in [2.24, 2.45) is 0 Å². The number of nitriles is 1. The Morgan fingerprint density at radius 1 is 1.34 bits per heavy atom. The maximum atomic E-state index is 12.3. The van der Waals surface area contributed by atoms with E-state index in [0.29, 0.717) is 36.9 Å². The van der Waals surface area contributed by atoms with Gasteiger partial charge in [-0.2, -0.15) is 5.26 Å². The highest BCUT2D eigenvalue weighted by molar-refractivity contribution is 5.79. The minimum Gasteiger partial charge on any atom is -0.497 e. The number of carbonyl (C=O) groups excluding carboxylic acids is 1. The number of aromatic nitrogens is 1. The minimum atomic E-state index is -0.288. The fourth-order valence-corrected chi connectivity index (χ4v) is 3.42. The molecule has 3 rings (SSSR count). The van der Waals surface area contributed by atoms with Gasteiger partial charge in [-0.3, -0.25) is 4.79 Å². The van der Waals surface area contributed by atoms with Crippen LogP contribution in [-0.4, -0.2) is 55.7 Å². The Bertz CT molecular complexity index is 880. The molecule has 0 radical (unpaired) electrons. The van der Waals surface area contributed by atoms with Crippen LogP contribution in [0.5, 0.6) is 11.5 Å². The molecule has 2 heterocycles. The zero-order chi connectivity index (χ0) is 20.8. The molecule has 1 N–H and O–H groups in total. The lowest BCUT2D eigenvalue weighted by Gasteiger charge is -2.19. The first-order valence-electron chi connectivity index (χ1n) is 9.65. The van der Waals surface area contributed by atoms with Crippen molar-refractivity contribution in [2.75, 3.05) is 33.9 Å². The number of likely N-dealkylation sites (tertiary alicyclic amines) is 1. The van der Waals surface area contributed by atoms with Gasteiger partial charge in [0.2, 0.25) is 11.8 Å². The molecule has 0 bridgehead atoms. The molecule has 1 atom stereocenters. The number of benzene rings is 1. The van der Waals surface area contributed by atoms with Crippen LogP contribution in [-0.2, 0) is 11.2 Å². The Balaban J connectivity index is 1.57. The number of ether oxygens (including phenoxy) is 2. The lowest BCUT2D eigenvalue weighted by molar-refractivity contribution is -0.130. The van der Waals surface area contributed by atoms with Crippen LogP contribution >= 0.6 is 0 Å². The summed E-state index contributed by atoms with van der Waals surface area (Å²) in [6.45, 7) is 3.34. The minimum absolute atomic E-state index is 0.0323. The number of aryl methyl sites for hydroxylation is 1. The molecule has 8 nitrogen and oxygen atoms in total. The first-order valence-corrected chi connectivity index (χ1v) is 9.65. The molecule has 1 aromatic heterocycles. The zero-order valence-electron chi connectivity index (χ0n) is 17.0. The number of hydrogen-bond acceptors (Lipinski definition) is 7.